The molecule has 0 aliphatic rings. The van der Waals surface area contributed by atoms with E-state index in [1.165, 1.54) is 23.9 Å². The molecular weight excluding hydrogens is 290 g/mol. The monoisotopic (exact) mass is 311 g/mol. The number of amides is 1. The second-order valence-electron chi connectivity index (χ2n) is 4.68. The van der Waals surface area contributed by atoms with Gasteiger partial charge < -0.3 is 11.1 Å². The number of nitro groups is 1. The lowest BCUT2D eigenvalue weighted by Gasteiger charge is -2.16. The van der Waals surface area contributed by atoms with Crippen LogP contribution in [0.2, 0.25) is 0 Å². The Balaban J connectivity index is 2.39. The molecule has 1 rings (SSSR count). The summed E-state index contributed by atoms with van der Waals surface area (Å²) in [4.78, 5) is 22.8. The van der Waals surface area contributed by atoms with E-state index in [4.69, 9.17) is 5.73 Å². The van der Waals surface area contributed by atoms with E-state index >= 15 is 0 Å². The fourth-order valence-electron chi connectivity index (χ4n) is 1.78. The van der Waals surface area contributed by atoms with Crippen molar-refractivity contribution in [1.29, 1.82) is 0 Å². The number of non-ortho nitro benzene ring substituents is 1. The Kier molecular flexibility index (Phi) is 7.78. The number of rotatable bonds is 9. The topological polar surface area (TPSA) is 98.3 Å². The lowest BCUT2D eigenvalue weighted by molar-refractivity contribution is -0.384. The third kappa shape index (κ3) is 6.59. The Bertz CT molecular complexity index is 465. The molecule has 7 heteroatoms. The van der Waals surface area contributed by atoms with Gasteiger partial charge in [0.1, 0.15) is 0 Å². The molecule has 0 bridgehead atoms. The van der Waals surface area contributed by atoms with E-state index in [1.807, 2.05) is 0 Å². The Hall–Kier alpha value is -1.60. The standard InChI is InChI=1S/C14H21N3O3S/c1-2-3-4-11(9-15)16-14(18)10-21-13-7-5-12(6-8-13)17(19)20/h5-8,11H,2-4,9-10,15H2,1H3,(H,16,18). The third-order valence-corrected chi connectivity index (χ3v) is 3.99. The number of benzene rings is 1. The van der Waals surface area contributed by atoms with Crippen molar-refractivity contribution in [3.05, 3.63) is 34.4 Å². The average Bonchev–Trinajstić information content (AvgIpc) is 2.49. The Morgan fingerprint density at radius 2 is 2.10 bits per heavy atom. The summed E-state index contributed by atoms with van der Waals surface area (Å²) in [5.74, 6) is 0.213. The zero-order chi connectivity index (χ0) is 15.7. The highest BCUT2D eigenvalue weighted by molar-refractivity contribution is 8.00. The summed E-state index contributed by atoms with van der Waals surface area (Å²) in [6.45, 7) is 2.54. The average molecular weight is 311 g/mol. The van der Waals surface area contributed by atoms with Gasteiger partial charge in [-0.1, -0.05) is 19.8 Å². The van der Waals surface area contributed by atoms with Gasteiger partial charge in [0, 0.05) is 29.6 Å². The van der Waals surface area contributed by atoms with Gasteiger partial charge in [0.05, 0.1) is 10.7 Å². The second-order valence-corrected chi connectivity index (χ2v) is 5.73. The first-order chi connectivity index (χ1) is 10.1. The van der Waals surface area contributed by atoms with E-state index in [0.717, 1.165) is 24.2 Å². The summed E-state index contributed by atoms with van der Waals surface area (Å²) in [6, 6.07) is 6.19. The molecule has 1 atom stereocenters. The van der Waals surface area contributed by atoms with Gasteiger partial charge in [0.2, 0.25) is 5.91 Å². The van der Waals surface area contributed by atoms with Crippen molar-refractivity contribution in [1.82, 2.24) is 5.32 Å². The van der Waals surface area contributed by atoms with Crippen LogP contribution in [0, 0.1) is 10.1 Å². The van der Waals surface area contributed by atoms with Crippen LogP contribution in [0.1, 0.15) is 26.2 Å². The van der Waals surface area contributed by atoms with E-state index in [1.54, 1.807) is 12.1 Å². The van der Waals surface area contributed by atoms with Gasteiger partial charge in [-0.2, -0.15) is 0 Å². The molecular formula is C14H21N3O3S. The Labute approximate surface area is 128 Å². The number of hydrogen-bond acceptors (Lipinski definition) is 5. The molecule has 0 fully saturated rings. The quantitative estimate of drug-likeness (QED) is 0.414. The van der Waals surface area contributed by atoms with Crippen LogP contribution in [0.25, 0.3) is 0 Å². The molecule has 1 aromatic rings. The maximum absolute atomic E-state index is 11.8. The van der Waals surface area contributed by atoms with Crippen molar-refractivity contribution < 1.29 is 9.72 Å². The molecule has 0 aliphatic heterocycles. The van der Waals surface area contributed by atoms with Gasteiger partial charge in [-0.05, 0) is 18.6 Å². The minimum Gasteiger partial charge on any atom is -0.351 e. The van der Waals surface area contributed by atoms with Crippen molar-refractivity contribution in [3.8, 4) is 0 Å². The van der Waals surface area contributed by atoms with Gasteiger partial charge >= 0.3 is 0 Å². The molecule has 3 N–H and O–H groups in total. The van der Waals surface area contributed by atoms with Gasteiger partial charge in [0.15, 0.2) is 0 Å². The molecule has 0 spiro atoms. The van der Waals surface area contributed by atoms with Crippen LogP contribution in [0.3, 0.4) is 0 Å². The SMILES string of the molecule is CCCCC(CN)NC(=O)CSc1ccc([N+](=O)[O-])cc1. The smallest absolute Gasteiger partial charge is 0.269 e. The molecule has 0 heterocycles. The van der Waals surface area contributed by atoms with E-state index in [9.17, 15) is 14.9 Å². The van der Waals surface area contributed by atoms with Crippen LogP contribution >= 0.6 is 11.8 Å². The Morgan fingerprint density at radius 1 is 1.43 bits per heavy atom. The van der Waals surface area contributed by atoms with Crippen LogP contribution in [0.5, 0.6) is 0 Å². The summed E-state index contributed by atoms with van der Waals surface area (Å²) in [6.07, 6.45) is 3.00. The summed E-state index contributed by atoms with van der Waals surface area (Å²) in [7, 11) is 0. The lowest BCUT2D eigenvalue weighted by Crippen LogP contribution is -2.41. The van der Waals surface area contributed by atoms with E-state index in [0.29, 0.717) is 6.54 Å². The maximum Gasteiger partial charge on any atom is 0.269 e. The van der Waals surface area contributed by atoms with Crippen molar-refractivity contribution in [2.45, 2.75) is 37.1 Å². The lowest BCUT2D eigenvalue weighted by atomic mass is 10.1. The molecule has 1 aromatic carbocycles. The first kappa shape index (κ1) is 17.5. The number of unbranched alkanes of at least 4 members (excludes halogenated alkanes) is 1. The van der Waals surface area contributed by atoms with Crippen molar-refractivity contribution in [3.63, 3.8) is 0 Å². The molecule has 116 valence electrons. The first-order valence-electron chi connectivity index (χ1n) is 6.93. The third-order valence-electron chi connectivity index (χ3n) is 2.97. The first-order valence-corrected chi connectivity index (χ1v) is 7.92. The largest absolute Gasteiger partial charge is 0.351 e. The molecule has 0 saturated heterocycles. The minimum absolute atomic E-state index is 0.0231. The number of carbonyl (C=O) groups is 1. The summed E-state index contributed by atoms with van der Waals surface area (Å²) < 4.78 is 0. The van der Waals surface area contributed by atoms with E-state index in [-0.39, 0.29) is 23.4 Å². The minimum atomic E-state index is -0.444. The van der Waals surface area contributed by atoms with Crippen molar-refractivity contribution in [2.24, 2.45) is 5.73 Å². The number of nitrogens with two attached hydrogens (primary N) is 1. The molecule has 21 heavy (non-hydrogen) atoms. The van der Waals surface area contributed by atoms with Gasteiger partial charge in [-0.15, -0.1) is 11.8 Å². The highest BCUT2D eigenvalue weighted by atomic mass is 32.2. The Morgan fingerprint density at radius 3 is 2.62 bits per heavy atom. The molecule has 1 unspecified atom stereocenters. The summed E-state index contributed by atoms with van der Waals surface area (Å²) in [5.41, 5.74) is 5.68. The molecule has 6 nitrogen and oxygen atoms in total. The highest BCUT2D eigenvalue weighted by Gasteiger charge is 2.11. The molecule has 0 aromatic heterocycles. The molecule has 0 saturated carbocycles. The number of carbonyl (C=O) groups excluding carboxylic acids is 1. The fraction of sp³-hybridized carbons (Fsp3) is 0.500. The summed E-state index contributed by atoms with van der Waals surface area (Å²) in [5, 5.41) is 13.5. The van der Waals surface area contributed by atoms with Crippen molar-refractivity contribution in [2.75, 3.05) is 12.3 Å². The van der Waals surface area contributed by atoms with E-state index < -0.39 is 4.92 Å². The van der Waals surface area contributed by atoms with Crippen LogP contribution < -0.4 is 11.1 Å². The number of nitrogens with one attached hydrogen (secondary N) is 1. The number of nitrogens with zero attached hydrogens (tertiary/aromatic N) is 1. The van der Waals surface area contributed by atoms with Crippen LogP contribution in [0.15, 0.2) is 29.2 Å². The zero-order valence-electron chi connectivity index (χ0n) is 12.1. The van der Waals surface area contributed by atoms with Crippen LogP contribution in [-0.4, -0.2) is 29.2 Å². The van der Waals surface area contributed by atoms with Gasteiger partial charge in [-0.3, -0.25) is 14.9 Å². The van der Waals surface area contributed by atoms with Gasteiger partial charge in [-0.25, -0.2) is 0 Å². The predicted octanol–water partition coefficient (Wildman–Crippen LogP) is 2.32. The van der Waals surface area contributed by atoms with E-state index in [2.05, 4.69) is 12.2 Å². The summed E-state index contributed by atoms with van der Waals surface area (Å²) >= 11 is 1.35. The molecule has 0 aliphatic carbocycles. The van der Waals surface area contributed by atoms with Crippen LogP contribution in [-0.2, 0) is 4.79 Å². The number of nitro benzene ring substituents is 1. The second kappa shape index (κ2) is 9.36. The van der Waals surface area contributed by atoms with Crippen molar-refractivity contribution >= 4 is 23.4 Å². The van der Waals surface area contributed by atoms with Gasteiger partial charge in [0.25, 0.3) is 5.69 Å². The highest BCUT2D eigenvalue weighted by Crippen LogP contribution is 2.21. The van der Waals surface area contributed by atoms with Crippen LogP contribution in [0.4, 0.5) is 5.69 Å². The fourth-order valence-corrected chi connectivity index (χ4v) is 2.49. The zero-order valence-corrected chi connectivity index (χ0v) is 12.9. The number of hydrogen-bond donors (Lipinski definition) is 2. The number of thioether (sulfide) groups is 1. The predicted molar refractivity (Wildman–Crippen MR) is 84.3 cm³/mol. The molecule has 0 radical (unpaired) electrons. The normalized spacial score (nSPS) is 11.9. The molecule has 1 amide bonds. The maximum atomic E-state index is 11.8.